The zero-order valence-corrected chi connectivity index (χ0v) is 12.7. The number of hydrogen-bond acceptors (Lipinski definition) is 3. The number of amides is 1. The third-order valence-electron chi connectivity index (χ3n) is 3.80. The summed E-state index contributed by atoms with van der Waals surface area (Å²) < 4.78 is 27.8. The van der Waals surface area contributed by atoms with Crippen LogP contribution in [0.5, 0.6) is 0 Å². The van der Waals surface area contributed by atoms with Crippen molar-refractivity contribution < 1.29 is 13.2 Å². The van der Waals surface area contributed by atoms with Crippen LogP contribution in [0.2, 0.25) is 0 Å². The number of fused-ring (bicyclic) bond motifs is 3. The van der Waals surface area contributed by atoms with Gasteiger partial charge in [0.1, 0.15) is 4.90 Å². The highest BCUT2D eigenvalue weighted by Gasteiger charge is 2.26. The van der Waals surface area contributed by atoms with Crippen LogP contribution in [0.25, 0.3) is 10.8 Å². The highest BCUT2D eigenvalue weighted by atomic mass is 32.2. The Bertz CT molecular complexity index is 1060. The van der Waals surface area contributed by atoms with E-state index >= 15 is 0 Å². The second-order valence-corrected chi connectivity index (χ2v) is 6.95. The summed E-state index contributed by atoms with van der Waals surface area (Å²) in [6.07, 6.45) is 0. The van der Waals surface area contributed by atoms with E-state index in [2.05, 4.69) is 10.0 Å². The molecule has 0 saturated heterocycles. The van der Waals surface area contributed by atoms with Gasteiger partial charge in [0, 0.05) is 0 Å². The Morgan fingerprint density at radius 2 is 1.39 bits per heavy atom. The van der Waals surface area contributed by atoms with Crippen molar-refractivity contribution in [2.45, 2.75) is 4.90 Å². The number of carbonyl (C=O) groups is 1. The second-order valence-electron chi connectivity index (χ2n) is 5.30. The molecule has 114 valence electrons. The van der Waals surface area contributed by atoms with Gasteiger partial charge in [-0.05, 0) is 35.0 Å². The third kappa shape index (κ3) is 2.24. The van der Waals surface area contributed by atoms with Gasteiger partial charge in [0.2, 0.25) is 0 Å². The van der Waals surface area contributed by atoms with E-state index in [1.54, 1.807) is 24.3 Å². The SMILES string of the molecule is O=C1Nc2cc3ccccc3cc2NS(=O)(=O)c2ccccc21. The van der Waals surface area contributed by atoms with E-state index in [0.717, 1.165) is 10.8 Å². The molecular weight excluding hydrogens is 312 g/mol. The summed E-state index contributed by atoms with van der Waals surface area (Å²) in [5.74, 6) is -0.442. The second kappa shape index (κ2) is 4.82. The minimum Gasteiger partial charge on any atom is -0.320 e. The molecule has 0 spiro atoms. The van der Waals surface area contributed by atoms with Gasteiger partial charge < -0.3 is 5.32 Å². The molecule has 0 bridgehead atoms. The molecule has 1 amide bonds. The molecule has 0 fully saturated rings. The van der Waals surface area contributed by atoms with Crippen LogP contribution in [0.1, 0.15) is 10.4 Å². The van der Waals surface area contributed by atoms with Gasteiger partial charge in [-0.2, -0.15) is 0 Å². The first-order valence-corrected chi connectivity index (χ1v) is 8.49. The van der Waals surface area contributed by atoms with Crippen molar-refractivity contribution in [1.29, 1.82) is 0 Å². The molecule has 1 aliphatic rings. The molecule has 1 heterocycles. The summed E-state index contributed by atoms with van der Waals surface area (Å²) in [6, 6.07) is 17.2. The Kier molecular flexibility index (Phi) is 2.89. The van der Waals surface area contributed by atoms with Crippen molar-refractivity contribution in [3.05, 3.63) is 66.2 Å². The van der Waals surface area contributed by atoms with Crippen LogP contribution in [-0.4, -0.2) is 14.3 Å². The maximum absolute atomic E-state index is 12.6. The van der Waals surface area contributed by atoms with E-state index < -0.39 is 15.9 Å². The molecule has 0 saturated carbocycles. The third-order valence-corrected chi connectivity index (χ3v) is 5.22. The van der Waals surface area contributed by atoms with Gasteiger partial charge in [0.25, 0.3) is 15.9 Å². The molecule has 0 unspecified atom stereocenters. The minimum absolute atomic E-state index is 0.0312. The van der Waals surface area contributed by atoms with Crippen LogP contribution >= 0.6 is 0 Å². The maximum atomic E-state index is 12.6. The quantitative estimate of drug-likeness (QED) is 0.667. The molecule has 5 nitrogen and oxygen atoms in total. The average molecular weight is 324 g/mol. The fourth-order valence-corrected chi connectivity index (χ4v) is 3.98. The molecule has 1 aliphatic heterocycles. The van der Waals surface area contributed by atoms with Crippen LogP contribution < -0.4 is 10.0 Å². The molecule has 6 heteroatoms. The summed E-state index contributed by atoms with van der Waals surface area (Å²) in [6.45, 7) is 0. The fourth-order valence-electron chi connectivity index (χ4n) is 2.71. The number of anilines is 2. The van der Waals surface area contributed by atoms with Crippen molar-refractivity contribution >= 4 is 38.1 Å². The van der Waals surface area contributed by atoms with E-state index in [0.29, 0.717) is 11.4 Å². The first-order chi connectivity index (χ1) is 11.0. The minimum atomic E-state index is -3.83. The lowest BCUT2D eigenvalue weighted by molar-refractivity contribution is 0.102. The Morgan fingerprint density at radius 1 is 0.783 bits per heavy atom. The molecule has 3 aromatic rings. The average Bonchev–Trinajstić information content (AvgIpc) is 2.54. The predicted octanol–water partition coefficient (Wildman–Crippen LogP) is 3.21. The van der Waals surface area contributed by atoms with Gasteiger partial charge in [-0.25, -0.2) is 8.42 Å². The van der Waals surface area contributed by atoms with Gasteiger partial charge >= 0.3 is 0 Å². The Labute approximate surface area is 133 Å². The van der Waals surface area contributed by atoms with Gasteiger partial charge in [-0.15, -0.1) is 0 Å². The lowest BCUT2D eigenvalue weighted by Gasteiger charge is -2.19. The van der Waals surface area contributed by atoms with Crippen LogP contribution in [-0.2, 0) is 10.0 Å². The number of rotatable bonds is 0. The van der Waals surface area contributed by atoms with Crippen molar-refractivity contribution in [3.63, 3.8) is 0 Å². The van der Waals surface area contributed by atoms with E-state index in [4.69, 9.17) is 0 Å². The lowest BCUT2D eigenvalue weighted by atomic mass is 10.1. The number of benzene rings is 3. The van der Waals surface area contributed by atoms with Crippen molar-refractivity contribution in [1.82, 2.24) is 0 Å². The van der Waals surface area contributed by atoms with Crippen LogP contribution in [0.4, 0.5) is 11.4 Å². The zero-order chi connectivity index (χ0) is 16.0. The Hall–Kier alpha value is -2.86. The largest absolute Gasteiger partial charge is 0.320 e. The summed E-state index contributed by atoms with van der Waals surface area (Å²) in [4.78, 5) is 12.4. The molecule has 0 radical (unpaired) electrons. The number of sulfonamides is 1. The highest BCUT2D eigenvalue weighted by Crippen LogP contribution is 2.33. The topological polar surface area (TPSA) is 75.3 Å². The molecular formula is C17H12N2O3S. The summed E-state index contributed by atoms with van der Waals surface area (Å²) in [5.41, 5.74) is 0.914. The zero-order valence-electron chi connectivity index (χ0n) is 11.9. The molecule has 4 rings (SSSR count). The van der Waals surface area contributed by atoms with Gasteiger partial charge in [-0.1, -0.05) is 36.4 Å². The molecule has 3 aromatic carbocycles. The fraction of sp³-hybridized carbons (Fsp3) is 0. The van der Waals surface area contributed by atoms with E-state index in [-0.39, 0.29) is 10.5 Å². The maximum Gasteiger partial charge on any atom is 0.262 e. The highest BCUT2D eigenvalue weighted by molar-refractivity contribution is 7.92. The van der Waals surface area contributed by atoms with Crippen molar-refractivity contribution in [3.8, 4) is 0 Å². The lowest BCUT2D eigenvalue weighted by Crippen LogP contribution is -2.24. The van der Waals surface area contributed by atoms with Crippen molar-refractivity contribution in [2.75, 3.05) is 10.0 Å². The van der Waals surface area contributed by atoms with Crippen LogP contribution in [0, 0.1) is 0 Å². The summed E-state index contributed by atoms with van der Waals surface area (Å²) >= 11 is 0. The van der Waals surface area contributed by atoms with Crippen molar-refractivity contribution in [2.24, 2.45) is 0 Å². The molecule has 0 atom stereocenters. The first-order valence-electron chi connectivity index (χ1n) is 7.01. The van der Waals surface area contributed by atoms with E-state index in [1.165, 1.54) is 12.1 Å². The Morgan fingerprint density at radius 3 is 2.13 bits per heavy atom. The number of carbonyl (C=O) groups excluding carboxylic acids is 1. The number of hydrogen-bond donors (Lipinski definition) is 2. The first kappa shape index (κ1) is 13.8. The molecule has 0 aliphatic carbocycles. The monoisotopic (exact) mass is 324 g/mol. The normalized spacial score (nSPS) is 15.6. The molecule has 0 aromatic heterocycles. The van der Waals surface area contributed by atoms with Gasteiger partial charge in [0.15, 0.2) is 0 Å². The molecule has 23 heavy (non-hydrogen) atoms. The molecule has 2 N–H and O–H groups in total. The standard InChI is InChI=1S/C17H12N2O3S/c20-17-13-7-3-4-8-16(13)23(21,22)19-15-10-12-6-2-1-5-11(12)9-14(15)18-17/h1-10,19H,(H,18,20). The number of nitrogens with one attached hydrogen (secondary N) is 2. The van der Waals surface area contributed by atoms with E-state index in [9.17, 15) is 13.2 Å². The van der Waals surface area contributed by atoms with Crippen LogP contribution in [0.15, 0.2) is 65.6 Å². The summed E-state index contributed by atoms with van der Waals surface area (Å²) in [5, 5.41) is 4.59. The van der Waals surface area contributed by atoms with Gasteiger partial charge in [-0.3, -0.25) is 9.52 Å². The smallest absolute Gasteiger partial charge is 0.262 e. The Balaban J connectivity index is 1.98. The predicted molar refractivity (Wildman–Crippen MR) is 89.2 cm³/mol. The van der Waals surface area contributed by atoms with Gasteiger partial charge in [0.05, 0.1) is 16.9 Å². The summed E-state index contributed by atoms with van der Waals surface area (Å²) in [7, 11) is -3.83. The van der Waals surface area contributed by atoms with E-state index in [1.807, 2.05) is 24.3 Å². The van der Waals surface area contributed by atoms with Crippen LogP contribution in [0.3, 0.4) is 0 Å².